The molecule has 4 rings (SSSR count). The van der Waals surface area contributed by atoms with E-state index in [-0.39, 0.29) is 5.97 Å². The fourth-order valence-electron chi connectivity index (χ4n) is 3.63. The molecule has 1 unspecified atom stereocenters. The van der Waals surface area contributed by atoms with Gasteiger partial charge in [0, 0.05) is 5.56 Å². The molecule has 0 radical (unpaired) electrons. The molecule has 0 saturated carbocycles. The average Bonchev–Trinajstić information content (AvgIpc) is 2.85. The summed E-state index contributed by atoms with van der Waals surface area (Å²) in [5.41, 5.74) is 2.71. The van der Waals surface area contributed by atoms with Crippen molar-refractivity contribution in [1.82, 2.24) is 0 Å². The zero-order valence-electron chi connectivity index (χ0n) is 19.4. The molecule has 166 valence electrons. The van der Waals surface area contributed by atoms with E-state index in [1.54, 1.807) is 0 Å². The Balaban J connectivity index is 1.44. The van der Waals surface area contributed by atoms with E-state index < -0.39 is 0 Å². The summed E-state index contributed by atoms with van der Waals surface area (Å²) < 4.78 is 11.5. The lowest BCUT2D eigenvalue weighted by Gasteiger charge is -2.11. The summed E-state index contributed by atoms with van der Waals surface area (Å²) in [6.07, 6.45) is 0.988. The molecule has 0 aliphatic carbocycles. The van der Waals surface area contributed by atoms with Gasteiger partial charge in [0.1, 0.15) is 12.4 Å². The van der Waals surface area contributed by atoms with Crippen molar-refractivity contribution in [1.29, 1.82) is 0 Å². The second-order valence-electron chi connectivity index (χ2n) is 8.40. The van der Waals surface area contributed by atoms with Gasteiger partial charge in [-0.3, -0.25) is 0 Å². The van der Waals surface area contributed by atoms with Crippen LogP contribution >= 0.6 is 0 Å². The van der Waals surface area contributed by atoms with Crippen molar-refractivity contribution >= 4 is 27.5 Å². The van der Waals surface area contributed by atoms with Crippen molar-refractivity contribution in [3.63, 3.8) is 0 Å². The van der Waals surface area contributed by atoms with E-state index in [1.165, 1.54) is 10.8 Å². The van der Waals surface area contributed by atoms with Gasteiger partial charge in [-0.2, -0.15) is 0 Å². The first-order valence-electron chi connectivity index (χ1n) is 11.3. The third-order valence-corrected chi connectivity index (χ3v) is 5.82. The highest BCUT2D eigenvalue weighted by molar-refractivity contribution is 5.95. The average molecular weight is 437 g/mol. The number of rotatable bonds is 7. The summed E-state index contributed by atoms with van der Waals surface area (Å²) in [5, 5.41) is 4.35. The van der Waals surface area contributed by atoms with E-state index in [1.807, 2.05) is 49.4 Å². The van der Waals surface area contributed by atoms with Crippen LogP contribution < -0.4 is 4.74 Å². The van der Waals surface area contributed by atoms with Gasteiger partial charge in [0.25, 0.3) is 0 Å². The van der Waals surface area contributed by atoms with E-state index in [2.05, 4.69) is 56.0 Å². The van der Waals surface area contributed by atoms with Gasteiger partial charge >= 0.3 is 5.97 Å². The molecule has 0 aliphatic heterocycles. The maximum Gasteiger partial charge on any atom is 0.338 e. The lowest BCUT2D eigenvalue weighted by molar-refractivity contribution is 0.0447. The number of hydrogen-bond donors (Lipinski definition) is 0. The van der Waals surface area contributed by atoms with Crippen LogP contribution in [-0.4, -0.2) is 12.6 Å². The monoisotopic (exact) mass is 436 g/mol. The van der Waals surface area contributed by atoms with Crippen molar-refractivity contribution in [3.8, 4) is 17.6 Å². The molecule has 0 amide bonds. The molecule has 1 atom stereocenters. The third kappa shape index (κ3) is 5.54. The first-order valence-corrected chi connectivity index (χ1v) is 11.3. The van der Waals surface area contributed by atoms with Gasteiger partial charge in [0.15, 0.2) is 0 Å². The summed E-state index contributed by atoms with van der Waals surface area (Å²) >= 11 is 0. The van der Waals surface area contributed by atoms with Gasteiger partial charge in [-0.1, -0.05) is 56.5 Å². The maximum absolute atomic E-state index is 12.3. The van der Waals surface area contributed by atoms with Gasteiger partial charge < -0.3 is 9.47 Å². The second kappa shape index (κ2) is 10.2. The normalized spacial score (nSPS) is 11.6. The fourth-order valence-corrected chi connectivity index (χ4v) is 3.63. The Morgan fingerprint density at radius 3 is 2.39 bits per heavy atom. The van der Waals surface area contributed by atoms with Crippen molar-refractivity contribution in [2.75, 3.05) is 6.61 Å². The Kier molecular flexibility index (Phi) is 6.95. The first-order chi connectivity index (χ1) is 16.1. The van der Waals surface area contributed by atoms with Crippen molar-refractivity contribution in [2.45, 2.75) is 33.8 Å². The fraction of sp³-hybridized carbons (Fsp3) is 0.233. The number of benzene rings is 4. The van der Waals surface area contributed by atoms with Crippen LogP contribution in [0.5, 0.6) is 5.75 Å². The third-order valence-electron chi connectivity index (χ3n) is 5.82. The molecule has 0 N–H and O–H groups in total. The Labute approximate surface area is 195 Å². The van der Waals surface area contributed by atoms with Crippen LogP contribution in [0.25, 0.3) is 21.5 Å². The SMILES string of the molecule is CC#Cc1ccc2cc(COc3ccc4cc(C(=O)OCC(C)CC)ccc4c3)ccc2c1. The predicted molar refractivity (Wildman–Crippen MR) is 135 cm³/mol. The zero-order valence-corrected chi connectivity index (χ0v) is 19.4. The Hall–Kier alpha value is -3.77. The van der Waals surface area contributed by atoms with Crippen LogP contribution in [0.15, 0.2) is 72.8 Å². The number of hydrogen-bond acceptors (Lipinski definition) is 3. The minimum absolute atomic E-state index is 0.275. The minimum Gasteiger partial charge on any atom is -0.489 e. The van der Waals surface area contributed by atoms with E-state index in [4.69, 9.17) is 9.47 Å². The number of carbonyl (C=O) groups excluding carboxylic acids is 1. The van der Waals surface area contributed by atoms with Gasteiger partial charge in [0.2, 0.25) is 0 Å². The Bertz CT molecular complexity index is 1360. The lowest BCUT2D eigenvalue weighted by atomic mass is 10.0. The number of fused-ring (bicyclic) bond motifs is 2. The molecular formula is C30H28O3. The summed E-state index contributed by atoms with van der Waals surface area (Å²) in [4.78, 5) is 12.3. The molecule has 0 fully saturated rings. The van der Waals surface area contributed by atoms with Gasteiger partial charge in [-0.25, -0.2) is 4.79 Å². The molecule has 0 heterocycles. The topological polar surface area (TPSA) is 35.5 Å². The van der Waals surface area contributed by atoms with E-state index in [0.29, 0.717) is 24.7 Å². The van der Waals surface area contributed by atoms with E-state index >= 15 is 0 Å². The quantitative estimate of drug-likeness (QED) is 0.228. The molecule has 0 aliphatic rings. The van der Waals surface area contributed by atoms with Gasteiger partial charge in [-0.05, 0) is 82.4 Å². The molecule has 0 saturated heterocycles. The molecule has 4 aromatic rings. The van der Waals surface area contributed by atoms with Gasteiger partial charge in [-0.15, -0.1) is 5.92 Å². The molecule has 0 aromatic heterocycles. The minimum atomic E-state index is -0.275. The zero-order chi connectivity index (χ0) is 23.2. The standard InChI is InChI=1S/C30H28O3/c1-4-6-22-7-9-25-16-23(8-10-24(25)15-22)20-32-29-14-13-26-17-28(12-11-27(26)18-29)30(31)33-19-21(3)5-2/h7-18,21H,5,19-20H2,1-3H3. The molecule has 0 bridgehead atoms. The van der Waals surface area contributed by atoms with Crippen LogP contribution in [0.2, 0.25) is 0 Å². The summed E-state index contributed by atoms with van der Waals surface area (Å²) in [7, 11) is 0. The highest BCUT2D eigenvalue weighted by Crippen LogP contribution is 2.24. The van der Waals surface area contributed by atoms with E-state index in [9.17, 15) is 4.79 Å². The van der Waals surface area contributed by atoms with Crippen molar-refractivity contribution < 1.29 is 14.3 Å². The van der Waals surface area contributed by atoms with Crippen LogP contribution in [0.1, 0.15) is 48.7 Å². The number of ether oxygens (including phenoxy) is 2. The van der Waals surface area contributed by atoms with Crippen molar-refractivity contribution in [3.05, 3.63) is 89.5 Å². The highest BCUT2D eigenvalue weighted by atomic mass is 16.5. The molecule has 0 spiro atoms. The van der Waals surface area contributed by atoms with Crippen LogP contribution in [-0.2, 0) is 11.3 Å². The van der Waals surface area contributed by atoms with Crippen LogP contribution in [0, 0.1) is 17.8 Å². The van der Waals surface area contributed by atoms with Gasteiger partial charge in [0.05, 0.1) is 12.2 Å². The largest absolute Gasteiger partial charge is 0.489 e. The summed E-state index contributed by atoms with van der Waals surface area (Å²) in [6.45, 7) is 6.94. The number of carbonyl (C=O) groups is 1. The predicted octanol–water partition coefficient (Wildman–Crippen LogP) is 7.15. The highest BCUT2D eigenvalue weighted by Gasteiger charge is 2.10. The molecule has 3 nitrogen and oxygen atoms in total. The first kappa shape index (κ1) is 22.4. The maximum atomic E-state index is 12.3. The lowest BCUT2D eigenvalue weighted by Crippen LogP contribution is -2.11. The molecule has 33 heavy (non-hydrogen) atoms. The Morgan fingerprint density at radius 1 is 0.879 bits per heavy atom. The van der Waals surface area contributed by atoms with Crippen molar-refractivity contribution in [2.24, 2.45) is 5.92 Å². The smallest absolute Gasteiger partial charge is 0.338 e. The van der Waals surface area contributed by atoms with E-state index in [0.717, 1.165) is 34.1 Å². The molecular weight excluding hydrogens is 408 g/mol. The van der Waals surface area contributed by atoms with Crippen LogP contribution in [0.3, 0.4) is 0 Å². The molecule has 4 aromatic carbocycles. The summed E-state index contributed by atoms with van der Waals surface area (Å²) in [6, 6.07) is 24.1. The Morgan fingerprint density at radius 2 is 1.58 bits per heavy atom. The van der Waals surface area contributed by atoms with Crippen LogP contribution in [0.4, 0.5) is 0 Å². The number of esters is 1. The summed E-state index contributed by atoms with van der Waals surface area (Å²) in [5.74, 6) is 6.92. The second-order valence-corrected chi connectivity index (χ2v) is 8.40. The molecule has 3 heteroatoms.